The predicted octanol–water partition coefficient (Wildman–Crippen LogP) is 5.01. The molecule has 7 nitrogen and oxygen atoms in total. The largest absolute Gasteiger partial charge is 0.462 e. The van der Waals surface area contributed by atoms with Crippen molar-refractivity contribution in [3.8, 4) is 0 Å². The second-order valence-electron chi connectivity index (χ2n) is 8.46. The molecule has 3 aromatic carbocycles. The Bertz CT molecular complexity index is 1350. The first-order valence-corrected chi connectivity index (χ1v) is 13.1. The van der Waals surface area contributed by atoms with E-state index in [1.165, 1.54) is 10.6 Å². The van der Waals surface area contributed by atoms with Gasteiger partial charge in [0.25, 0.3) is 5.91 Å². The summed E-state index contributed by atoms with van der Waals surface area (Å²) in [5, 5.41) is 2.85. The van der Waals surface area contributed by atoms with Crippen LogP contribution in [0.1, 0.15) is 49.9 Å². The van der Waals surface area contributed by atoms with Gasteiger partial charge < -0.3 is 10.1 Å². The van der Waals surface area contributed by atoms with Crippen LogP contribution in [-0.4, -0.2) is 33.2 Å². The van der Waals surface area contributed by atoms with Gasteiger partial charge in [0.15, 0.2) is 0 Å². The Morgan fingerprint density at radius 3 is 2.14 bits per heavy atom. The van der Waals surface area contributed by atoms with Crippen molar-refractivity contribution >= 4 is 33.3 Å². The molecule has 8 heteroatoms. The van der Waals surface area contributed by atoms with E-state index in [-0.39, 0.29) is 12.5 Å². The molecule has 3 rings (SSSR count). The third kappa shape index (κ3) is 6.48. The number of carbonyl (C=O) groups excluding carboxylic acids is 2. The molecule has 0 heterocycles. The summed E-state index contributed by atoms with van der Waals surface area (Å²) in [7, 11) is -3.52. The summed E-state index contributed by atoms with van der Waals surface area (Å²) in [5.41, 5.74) is 5.39. The van der Waals surface area contributed by atoms with Crippen molar-refractivity contribution in [1.29, 1.82) is 0 Å². The molecule has 0 fully saturated rings. The number of rotatable bonds is 8. The van der Waals surface area contributed by atoms with Gasteiger partial charge in [0.2, 0.25) is 10.0 Å². The number of aryl methyl sites for hydroxylation is 3. The van der Waals surface area contributed by atoms with E-state index in [0.29, 0.717) is 29.1 Å². The highest BCUT2D eigenvalue weighted by Gasteiger charge is 2.20. The molecule has 0 aliphatic heterocycles. The number of carbonyl (C=O) groups is 2. The Labute approximate surface area is 206 Å². The average molecular weight is 495 g/mol. The van der Waals surface area contributed by atoms with E-state index in [0.717, 1.165) is 22.3 Å². The van der Waals surface area contributed by atoms with Crippen LogP contribution >= 0.6 is 0 Å². The van der Waals surface area contributed by atoms with Gasteiger partial charge in [-0.15, -0.1) is 0 Å². The number of ether oxygens (including phenoxy) is 1. The van der Waals surface area contributed by atoms with Gasteiger partial charge in [-0.2, -0.15) is 0 Å². The minimum Gasteiger partial charge on any atom is -0.462 e. The number of benzene rings is 3. The zero-order chi connectivity index (χ0) is 25.8. The predicted molar refractivity (Wildman–Crippen MR) is 138 cm³/mol. The smallest absolute Gasteiger partial charge is 0.338 e. The molecule has 3 aromatic rings. The molecular weight excluding hydrogens is 464 g/mol. The molecule has 0 atom stereocenters. The Hall–Kier alpha value is -3.65. The molecule has 0 saturated heterocycles. The highest BCUT2D eigenvalue weighted by atomic mass is 32.2. The number of anilines is 2. The Morgan fingerprint density at radius 1 is 0.886 bits per heavy atom. The SMILES string of the molecule is CCOC(=O)c1ccc(NC(=O)c2ccc(CN(c3cc(C)ccc3C)S(C)(=O)=O)cc2)c(C)c1. The lowest BCUT2D eigenvalue weighted by Gasteiger charge is -2.25. The van der Waals surface area contributed by atoms with Crippen molar-refractivity contribution in [1.82, 2.24) is 0 Å². The molecular formula is C27H30N2O5S. The number of hydrogen-bond acceptors (Lipinski definition) is 5. The highest BCUT2D eigenvalue weighted by molar-refractivity contribution is 7.92. The van der Waals surface area contributed by atoms with Crippen LogP contribution in [0.2, 0.25) is 0 Å². The Kier molecular flexibility index (Phi) is 7.96. The number of nitrogens with zero attached hydrogens (tertiary/aromatic N) is 1. The van der Waals surface area contributed by atoms with Crippen LogP contribution in [0.25, 0.3) is 0 Å². The lowest BCUT2D eigenvalue weighted by Crippen LogP contribution is -2.30. The summed E-state index contributed by atoms with van der Waals surface area (Å²) in [6, 6.07) is 17.5. The van der Waals surface area contributed by atoms with E-state index in [9.17, 15) is 18.0 Å². The van der Waals surface area contributed by atoms with Crippen LogP contribution in [0.15, 0.2) is 60.7 Å². The van der Waals surface area contributed by atoms with Crippen LogP contribution in [0.3, 0.4) is 0 Å². The lowest BCUT2D eigenvalue weighted by atomic mass is 10.1. The fraction of sp³-hybridized carbons (Fsp3) is 0.259. The summed E-state index contributed by atoms with van der Waals surface area (Å²) in [5.74, 6) is -0.717. The fourth-order valence-corrected chi connectivity index (χ4v) is 4.57. The van der Waals surface area contributed by atoms with Gasteiger partial charge in [0.1, 0.15) is 0 Å². The minimum absolute atomic E-state index is 0.152. The van der Waals surface area contributed by atoms with Crippen LogP contribution in [0, 0.1) is 20.8 Å². The molecule has 0 spiro atoms. The van der Waals surface area contributed by atoms with E-state index >= 15 is 0 Å². The fourth-order valence-electron chi connectivity index (χ4n) is 3.64. The average Bonchev–Trinajstić information content (AvgIpc) is 2.80. The summed E-state index contributed by atoms with van der Waals surface area (Å²) < 4.78 is 31.5. The minimum atomic E-state index is -3.52. The molecule has 1 N–H and O–H groups in total. The van der Waals surface area contributed by atoms with Gasteiger partial charge in [0, 0.05) is 11.3 Å². The quantitative estimate of drug-likeness (QED) is 0.445. The van der Waals surface area contributed by atoms with Crippen molar-refractivity contribution in [2.75, 3.05) is 22.5 Å². The summed E-state index contributed by atoms with van der Waals surface area (Å²) >= 11 is 0. The summed E-state index contributed by atoms with van der Waals surface area (Å²) in [4.78, 5) is 24.7. The van der Waals surface area contributed by atoms with Crippen LogP contribution in [-0.2, 0) is 21.3 Å². The first kappa shape index (κ1) is 26.0. The van der Waals surface area contributed by atoms with Gasteiger partial charge in [-0.25, -0.2) is 13.2 Å². The molecule has 0 radical (unpaired) electrons. The van der Waals surface area contributed by atoms with Crippen LogP contribution in [0.4, 0.5) is 11.4 Å². The molecule has 0 bridgehead atoms. The number of amides is 1. The molecule has 35 heavy (non-hydrogen) atoms. The molecule has 0 aliphatic carbocycles. The first-order chi connectivity index (χ1) is 16.5. The van der Waals surface area contributed by atoms with Crippen molar-refractivity contribution in [2.24, 2.45) is 0 Å². The van der Waals surface area contributed by atoms with Crippen molar-refractivity contribution in [3.05, 3.63) is 94.0 Å². The third-order valence-corrected chi connectivity index (χ3v) is 6.69. The maximum atomic E-state index is 12.8. The van der Waals surface area contributed by atoms with Crippen LogP contribution < -0.4 is 9.62 Å². The van der Waals surface area contributed by atoms with Gasteiger partial charge >= 0.3 is 5.97 Å². The zero-order valence-corrected chi connectivity index (χ0v) is 21.4. The molecule has 0 aromatic heterocycles. The lowest BCUT2D eigenvalue weighted by molar-refractivity contribution is 0.0526. The van der Waals surface area contributed by atoms with Crippen molar-refractivity contribution in [3.63, 3.8) is 0 Å². The Balaban J connectivity index is 1.76. The Morgan fingerprint density at radius 2 is 1.54 bits per heavy atom. The van der Waals surface area contributed by atoms with E-state index in [1.54, 1.807) is 56.3 Å². The number of hydrogen-bond donors (Lipinski definition) is 1. The molecule has 184 valence electrons. The van der Waals surface area contributed by atoms with Crippen molar-refractivity contribution in [2.45, 2.75) is 34.2 Å². The van der Waals surface area contributed by atoms with E-state index < -0.39 is 16.0 Å². The number of sulfonamides is 1. The molecule has 0 aliphatic rings. The van der Waals surface area contributed by atoms with Gasteiger partial charge in [-0.05, 0) is 86.3 Å². The summed E-state index contributed by atoms with van der Waals surface area (Å²) in [6.45, 7) is 7.78. The molecule has 0 unspecified atom stereocenters. The van der Waals surface area contributed by atoms with Gasteiger partial charge in [-0.3, -0.25) is 9.10 Å². The van der Waals surface area contributed by atoms with Crippen LogP contribution in [0.5, 0.6) is 0 Å². The third-order valence-electron chi connectivity index (χ3n) is 5.56. The van der Waals surface area contributed by atoms with E-state index in [2.05, 4.69) is 5.32 Å². The molecule has 0 saturated carbocycles. The second-order valence-corrected chi connectivity index (χ2v) is 10.4. The van der Waals surface area contributed by atoms with Gasteiger partial charge in [0.05, 0.1) is 30.7 Å². The normalized spacial score (nSPS) is 11.1. The molecule has 1 amide bonds. The maximum Gasteiger partial charge on any atom is 0.338 e. The number of esters is 1. The standard InChI is InChI=1S/C27H30N2O5S/c1-6-34-27(31)23-13-14-24(20(4)16-23)28-26(30)22-11-9-21(10-12-22)17-29(35(5,32)33)25-15-18(2)7-8-19(25)3/h7-16H,6,17H2,1-5H3,(H,28,30). The number of nitrogens with one attached hydrogen (secondary N) is 1. The topological polar surface area (TPSA) is 92.8 Å². The van der Waals surface area contributed by atoms with Crippen molar-refractivity contribution < 1.29 is 22.7 Å². The summed E-state index contributed by atoms with van der Waals surface area (Å²) in [6.07, 6.45) is 1.19. The zero-order valence-electron chi connectivity index (χ0n) is 20.6. The monoisotopic (exact) mass is 494 g/mol. The first-order valence-electron chi connectivity index (χ1n) is 11.2. The maximum absolute atomic E-state index is 12.8. The second kappa shape index (κ2) is 10.7. The van der Waals surface area contributed by atoms with E-state index in [4.69, 9.17) is 4.74 Å². The highest BCUT2D eigenvalue weighted by Crippen LogP contribution is 2.26. The van der Waals surface area contributed by atoms with E-state index in [1.807, 2.05) is 32.0 Å². The van der Waals surface area contributed by atoms with Gasteiger partial charge in [-0.1, -0.05) is 24.3 Å².